The van der Waals surface area contributed by atoms with E-state index in [0.717, 1.165) is 117 Å². The monoisotopic (exact) mass is 1360 g/mol. The maximum atomic E-state index is 11.2. The van der Waals surface area contributed by atoms with Gasteiger partial charge in [0.05, 0.1) is 77.3 Å². The summed E-state index contributed by atoms with van der Waals surface area (Å²) in [7, 11) is 4.79. The van der Waals surface area contributed by atoms with Crippen molar-refractivity contribution in [2.75, 3.05) is 41.8 Å². The number of methoxy groups -OCH3 is 5. The van der Waals surface area contributed by atoms with Gasteiger partial charge in [-0.2, -0.15) is 13.7 Å². The second-order valence-electron chi connectivity index (χ2n) is 23.4. The largest absolute Gasteiger partial charge is 0.497 e. The molecule has 506 valence electrons. The molecule has 0 bridgehead atoms. The molecule has 12 rings (SSSR count). The van der Waals surface area contributed by atoms with Crippen LogP contribution in [0.15, 0.2) is 218 Å². The van der Waals surface area contributed by atoms with Crippen LogP contribution in [-0.4, -0.2) is 78.0 Å². The first-order chi connectivity index (χ1) is 46.7. The number of hydrogen-bond donors (Lipinski definition) is 2. The summed E-state index contributed by atoms with van der Waals surface area (Å²) < 4.78 is 53.0. The summed E-state index contributed by atoms with van der Waals surface area (Å²) in [5.41, 5.74) is 6.17. The third-order valence-corrected chi connectivity index (χ3v) is 17.2. The Morgan fingerprint density at radius 3 is 0.980 bits per heavy atom. The standard InChI is InChI=1S/C14H13NO.C14H16O4S.C14H14O3.C14H12O2.C13H13ClO.C13H14O2/c1-10(9-15)11-3-4-13-8-14(16-2)6-5-12(13)7-11;1-10(18-19(3,15)16)11-4-5-13-9-14(17-2)7-6-12(13)8-11;1-9(14(15)16)10-3-4-12-8-13(17-2)6-5-11(12)7-10;1-9(15)11-3-5-14-8-12(10(2)16)4-6-13(14)7-11;2*1-9(14)10-3-4-12-8-13(15-2)6-5-11(12)7-10/h3-8,10H,1-2H3;4-10H,1-3H3;3-9H,1-2H3,(H,15,16);3-8H,1-2H3;3-9H,1-2H3;3-9,14H,1-2H3. The second-order valence-corrected chi connectivity index (χ2v) is 25.7. The van der Waals surface area contributed by atoms with Gasteiger partial charge in [-0.3, -0.25) is 18.6 Å². The van der Waals surface area contributed by atoms with E-state index in [2.05, 4.69) is 36.4 Å². The number of carboxylic acid groups (broad SMARTS) is 1. The number of carbonyl (C=O) groups is 3. The zero-order chi connectivity index (χ0) is 71.4. The highest BCUT2D eigenvalue weighted by atomic mass is 35.5. The highest BCUT2D eigenvalue weighted by Crippen LogP contribution is 2.31. The first kappa shape index (κ1) is 75.0. The van der Waals surface area contributed by atoms with Crippen molar-refractivity contribution in [2.24, 2.45) is 0 Å². The van der Waals surface area contributed by atoms with Crippen LogP contribution >= 0.6 is 11.6 Å². The smallest absolute Gasteiger partial charge is 0.310 e. The minimum absolute atomic E-state index is 0.0523. The molecule has 0 saturated heterocycles. The average Bonchev–Trinajstić information content (AvgIpc) is 0.965. The van der Waals surface area contributed by atoms with Crippen molar-refractivity contribution in [3.05, 3.63) is 257 Å². The Morgan fingerprint density at radius 2 is 0.663 bits per heavy atom. The van der Waals surface area contributed by atoms with Crippen LogP contribution in [0, 0.1) is 11.3 Å². The zero-order valence-corrected chi connectivity index (χ0v) is 58.9. The number of ketones is 2. The van der Waals surface area contributed by atoms with Crippen LogP contribution in [0.2, 0.25) is 0 Å². The van der Waals surface area contributed by atoms with Gasteiger partial charge in [0.2, 0.25) is 0 Å². The number of aliphatic carboxylic acids is 1. The number of fused-ring (bicyclic) bond motifs is 6. The molecule has 5 atom stereocenters. The fourth-order valence-electron chi connectivity index (χ4n) is 10.4. The Bertz CT molecular complexity index is 4800. The molecule has 0 heterocycles. The van der Waals surface area contributed by atoms with Gasteiger partial charge in [0.15, 0.2) is 11.6 Å². The molecule has 0 aliphatic carbocycles. The number of aliphatic hydroxyl groups excluding tert-OH is 1. The molecule has 16 heteroatoms. The molecule has 0 amide bonds. The second kappa shape index (κ2) is 35.1. The van der Waals surface area contributed by atoms with Crippen LogP contribution in [0.25, 0.3) is 64.6 Å². The van der Waals surface area contributed by atoms with Crippen LogP contribution in [0.5, 0.6) is 28.7 Å². The number of halogens is 1. The lowest BCUT2D eigenvalue weighted by Gasteiger charge is -2.12. The van der Waals surface area contributed by atoms with E-state index in [0.29, 0.717) is 11.1 Å². The third-order valence-electron chi connectivity index (χ3n) is 16.3. The number of carbonyl (C=O) groups excluding carboxylic acids is 2. The topological polar surface area (TPSA) is 205 Å². The predicted octanol–water partition coefficient (Wildman–Crippen LogP) is 19.7. The number of nitriles is 1. The summed E-state index contributed by atoms with van der Waals surface area (Å²) in [4.78, 5) is 33.3. The van der Waals surface area contributed by atoms with Gasteiger partial charge in [-0.15, -0.1) is 11.6 Å². The molecule has 0 aromatic heterocycles. The first-order valence-corrected chi connectivity index (χ1v) is 33.8. The molecule has 0 spiro atoms. The number of alkyl halides is 1. The number of rotatable bonds is 15. The number of aliphatic hydroxyl groups is 1. The van der Waals surface area contributed by atoms with Crippen molar-refractivity contribution < 1.29 is 60.9 Å². The molecule has 0 radical (unpaired) electrons. The number of carboxylic acids is 1. The van der Waals surface area contributed by atoms with Crippen LogP contribution in [0.1, 0.15) is 126 Å². The summed E-state index contributed by atoms with van der Waals surface area (Å²) in [5, 5.41) is 40.3. The number of hydrogen-bond acceptors (Lipinski definition) is 13. The molecule has 14 nitrogen and oxygen atoms in total. The molecule has 98 heavy (non-hydrogen) atoms. The van der Waals surface area contributed by atoms with Gasteiger partial charge in [0, 0.05) is 11.1 Å². The number of Topliss-reactive ketones (excluding diaryl/α,β-unsaturated/α-hetero) is 2. The van der Waals surface area contributed by atoms with Crippen molar-refractivity contribution in [1.82, 2.24) is 0 Å². The number of benzene rings is 12. The van der Waals surface area contributed by atoms with Gasteiger partial charge in [-0.1, -0.05) is 121 Å². The van der Waals surface area contributed by atoms with E-state index >= 15 is 0 Å². The van der Waals surface area contributed by atoms with Crippen LogP contribution in [0.4, 0.5) is 0 Å². The zero-order valence-electron chi connectivity index (χ0n) is 57.3. The van der Waals surface area contributed by atoms with Crippen molar-refractivity contribution >= 4 is 104 Å². The molecule has 12 aromatic carbocycles. The Kier molecular flexibility index (Phi) is 26.9. The summed E-state index contributed by atoms with van der Waals surface area (Å²) in [6.07, 6.45) is 0.132. The van der Waals surface area contributed by atoms with E-state index in [4.69, 9.17) is 49.8 Å². The van der Waals surface area contributed by atoms with Gasteiger partial charge in [0.1, 0.15) is 28.7 Å². The highest BCUT2D eigenvalue weighted by molar-refractivity contribution is 7.86. The van der Waals surface area contributed by atoms with Crippen molar-refractivity contribution in [3.63, 3.8) is 0 Å². The SMILES string of the molecule is CC(=O)c1ccc2cc(C(C)=O)ccc2c1.COc1ccc2cc(C(C)C#N)ccc2c1.COc1ccc2cc(C(C)C(=O)O)ccc2c1.COc1ccc2cc(C(C)Cl)ccc2c1.COc1ccc2cc(C(C)O)ccc2c1.COc1ccc2cc(C(C)OS(C)(=O)=O)ccc2c1. The van der Waals surface area contributed by atoms with Gasteiger partial charge in [-0.05, 0) is 238 Å². The van der Waals surface area contributed by atoms with E-state index in [1.807, 2.05) is 190 Å². The Hall–Kier alpha value is -10.3. The molecule has 2 N–H and O–H groups in total. The van der Waals surface area contributed by atoms with Crippen molar-refractivity contribution in [3.8, 4) is 34.8 Å². The minimum Gasteiger partial charge on any atom is -0.497 e. The quantitative estimate of drug-likeness (QED) is 0.0557. The number of ether oxygens (including phenoxy) is 5. The number of nitrogens with zero attached hydrogens (tertiary/aromatic N) is 1. The van der Waals surface area contributed by atoms with E-state index in [9.17, 15) is 27.9 Å². The Balaban J connectivity index is 0.000000166. The van der Waals surface area contributed by atoms with E-state index in [1.54, 1.807) is 82.3 Å². The minimum atomic E-state index is -3.46. The van der Waals surface area contributed by atoms with Crippen LogP contribution in [0.3, 0.4) is 0 Å². The fourth-order valence-corrected chi connectivity index (χ4v) is 11.1. The van der Waals surface area contributed by atoms with E-state index in [1.165, 1.54) is 10.8 Å². The summed E-state index contributed by atoms with van der Waals surface area (Å²) in [6.45, 7) is 12.1. The Labute approximate surface area is 578 Å². The molecular weight excluding hydrogens is 1270 g/mol. The summed E-state index contributed by atoms with van der Waals surface area (Å²) in [5.74, 6) is 2.94. The van der Waals surface area contributed by atoms with Crippen LogP contribution in [-0.2, 0) is 19.1 Å². The lowest BCUT2D eigenvalue weighted by molar-refractivity contribution is -0.138. The normalized spacial score (nSPS) is 12.3. The first-order valence-electron chi connectivity index (χ1n) is 31.5. The third kappa shape index (κ3) is 21.1. The molecule has 5 unspecified atom stereocenters. The molecule has 0 aliphatic heterocycles. The lowest BCUT2D eigenvalue weighted by Crippen LogP contribution is -2.07. The maximum Gasteiger partial charge on any atom is 0.310 e. The van der Waals surface area contributed by atoms with E-state index in [-0.39, 0.29) is 22.9 Å². The summed E-state index contributed by atoms with van der Waals surface area (Å²) >= 11 is 6.04. The Morgan fingerprint density at radius 1 is 0.398 bits per heavy atom. The van der Waals surface area contributed by atoms with Gasteiger partial charge in [0.25, 0.3) is 10.1 Å². The highest BCUT2D eigenvalue weighted by Gasteiger charge is 2.16. The lowest BCUT2D eigenvalue weighted by atomic mass is 9.98. The van der Waals surface area contributed by atoms with Gasteiger partial charge in [-0.25, -0.2) is 0 Å². The maximum absolute atomic E-state index is 11.2. The summed E-state index contributed by atoms with van der Waals surface area (Å²) in [6, 6.07) is 72.3. The molecule has 0 aliphatic rings. The van der Waals surface area contributed by atoms with E-state index < -0.39 is 34.2 Å². The fraction of sp³-hybridized carbons (Fsp3) is 0.220. The predicted molar refractivity (Wildman–Crippen MR) is 396 cm³/mol. The van der Waals surface area contributed by atoms with Gasteiger partial charge < -0.3 is 33.9 Å². The van der Waals surface area contributed by atoms with Crippen LogP contribution < -0.4 is 23.7 Å². The molecule has 0 saturated carbocycles. The van der Waals surface area contributed by atoms with Crippen molar-refractivity contribution in [1.29, 1.82) is 5.26 Å². The van der Waals surface area contributed by atoms with Crippen molar-refractivity contribution in [2.45, 2.75) is 77.9 Å². The molecule has 0 fully saturated rings. The average molecular weight is 1360 g/mol. The van der Waals surface area contributed by atoms with Gasteiger partial charge >= 0.3 is 5.97 Å². The molecular formula is C82H82ClNO13S. The molecule has 12 aromatic rings.